The maximum atomic E-state index is 10.2. The lowest BCUT2D eigenvalue weighted by Gasteiger charge is -2.09. The van der Waals surface area contributed by atoms with E-state index < -0.39 is 10.4 Å². The molecule has 0 saturated carbocycles. The van der Waals surface area contributed by atoms with Crippen molar-refractivity contribution < 1.29 is 17.2 Å². The smallest absolute Gasteiger partial charge is 0.262 e. The van der Waals surface area contributed by atoms with Crippen LogP contribution in [0.2, 0.25) is 0 Å². The third-order valence-corrected chi connectivity index (χ3v) is 1.58. The highest BCUT2D eigenvalue weighted by Gasteiger charge is 2.04. The van der Waals surface area contributed by atoms with Crippen molar-refractivity contribution in [1.29, 1.82) is 5.26 Å². The largest absolute Gasteiger partial charge is 0.716 e. The summed E-state index contributed by atoms with van der Waals surface area (Å²) in [5, 5.41) is 8.49. The number of benzene rings is 1. The number of hydrogen-bond donors (Lipinski definition) is 0. The second-order valence-corrected chi connectivity index (χ2v) is 3.08. The molecule has 0 bridgehead atoms. The summed E-state index contributed by atoms with van der Waals surface area (Å²) in [6.45, 7) is 0. The van der Waals surface area contributed by atoms with Gasteiger partial charge in [-0.2, -0.15) is 5.26 Å². The van der Waals surface area contributed by atoms with E-state index in [1.807, 2.05) is 0 Å². The Morgan fingerprint density at radius 1 is 1.38 bits per heavy atom. The first-order valence-electron chi connectivity index (χ1n) is 3.17. The summed E-state index contributed by atoms with van der Waals surface area (Å²) in [7, 11) is -4.81. The van der Waals surface area contributed by atoms with Gasteiger partial charge in [-0.15, -0.1) is 0 Å². The molecule has 1 aromatic rings. The van der Waals surface area contributed by atoms with Gasteiger partial charge in [-0.05, 0) is 12.1 Å². The summed E-state index contributed by atoms with van der Waals surface area (Å²) in [6, 6.07) is 7.26. The standard InChI is InChI=1S/C7H5NO4S/c8-5-6-3-1-2-4-7(6)12-13(9,10)11/h1-4H,(H,9,10,11)/p-1. The van der Waals surface area contributed by atoms with Crippen LogP contribution in [0.3, 0.4) is 0 Å². The van der Waals surface area contributed by atoms with Crippen molar-refractivity contribution in [3.05, 3.63) is 29.8 Å². The van der Waals surface area contributed by atoms with Gasteiger partial charge in [-0.1, -0.05) is 12.1 Å². The maximum Gasteiger partial charge on any atom is 0.262 e. The van der Waals surface area contributed by atoms with Crippen LogP contribution in [0.4, 0.5) is 0 Å². The highest BCUT2D eigenvalue weighted by atomic mass is 32.3. The second-order valence-electron chi connectivity index (χ2n) is 2.10. The molecule has 0 N–H and O–H groups in total. The molecule has 1 rings (SSSR count). The minimum Gasteiger partial charge on any atom is -0.716 e. The van der Waals surface area contributed by atoms with Crippen LogP contribution >= 0.6 is 0 Å². The monoisotopic (exact) mass is 198 g/mol. The zero-order valence-electron chi connectivity index (χ0n) is 6.30. The first-order chi connectivity index (χ1) is 6.03. The average molecular weight is 198 g/mol. The first kappa shape index (κ1) is 9.51. The number of nitriles is 1. The van der Waals surface area contributed by atoms with Crippen molar-refractivity contribution in [2.24, 2.45) is 0 Å². The Hall–Kier alpha value is -1.58. The quantitative estimate of drug-likeness (QED) is 0.506. The topological polar surface area (TPSA) is 90.2 Å². The highest BCUT2D eigenvalue weighted by Crippen LogP contribution is 2.17. The Bertz CT molecular complexity index is 446. The molecule has 0 fully saturated rings. The summed E-state index contributed by atoms with van der Waals surface area (Å²) in [5.74, 6) is -0.250. The zero-order chi connectivity index (χ0) is 9.90. The van der Waals surface area contributed by atoms with Crippen LogP contribution in [0.5, 0.6) is 5.75 Å². The van der Waals surface area contributed by atoms with Gasteiger partial charge in [-0.3, -0.25) is 0 Å². The molecule has 0 spiro atoms. The molecule has 0 aliphatic carbocycles. The van der Waals surface area contributed by atoms with E-state index in [-0.39, 0.29) is 11.3 Å². The normalized spacial score (nSPS) is 10.5. The van der Waals surface area contributed by atoms with Crippen molar-refractivity contribution >= 4 is 10.4 Å². The predicted octanol–water partition coefficient (Wildman–Crippen LogP) is 0.397. The molecule has 0 aliphatic heterocycles. The molecule has 0 atom stereocenters. The fourth-order valence-electron chi connectivity index (χ4n) is 0.742. The number of para-hydroxylation sites is 1. The van der Waals surface area contributed by atoms with E-state index in [1.54, 1.807) is 6.07 Å². The first-order valence-corrected chi connectivity index (χ1v) is 4.51. The summed E-state index contributed by atoms with van der Waals surface area (Å²) >= 11 is 0. The zero-order valence-corrected chi connectivity index (χ0v) is 7.11. The van der Waals surface area contributed by atoms with Crippen molar-refractivity contribution in [3.8, 4) is 11.8 Å². The molecule has 0 amide bonds. The van der Waals surface area contributed by atoms with Crippen molar-refractivity contribution in [3.63, 3.8) is 0 Å². The lowest BCUT2D eigenvalue weighted by atomic mass is 10.2. The lowest BCUT2D eigenvalue weighted by molar-refractivity contribution is 0.372. The molecular formula is C7H4NO4S-. The van der Waals surface area contributed by atoms with Crippen LogP contribution < -0.4 is 4.18 Å². The minimum atomic E-state index is -4.81. The van der Waals surface area contributed by atoms with Gasteiger partial charge in [0, 0.05) is 0 Å². The van der Waals surface area contributed by atoms with Crippen molar-refractivity contribution in [1.82, 2.24) is 0 Å². The summed E-state index contributed by atoms with van der Waals surface area (Å²) in [6.07, 6.45) is 0. The van der Waals surface area contributed by atoms with Gasteiger partial charge in [0.1, 0.15) is 6.07 Å². The van der Waals surface area contributed by atoms with E-state index in [2.05, 4.69) is 4.18 Å². The summed E-state index contributed by atoms with van der Waals surface area (Å²) in [5.41, 5.74) is 0.00178. The fourth-order valence-corrected chi connectivity index (χ4v) is 1.11. The van der Waals surface area contributed by atoms with Gasteiger partial charge >= 0.3 is 0 Å². The van der Waals surface area contributed by atoms with Crippen molar-refractivity contribution in [2.45, 2.75) is 0 Å². The third-order valence-electron chi connectivity index (χ3n) is 1.20. The van der Waals surface area contributed by atoms with Crippen molar-refractivity contribution in [2.75, 3.05) is 0 Å². The Balaban J connectivity index is 3.10. The van der Waals surface area contributed by atoms with Gasteiger partial charge in [0.25, 0.3) is 10.4 Å². The SMILES string of the molecule is N#Cc1ccccc1OS(=O)(=O)[O-]. The van der Waals surface area contributed by atoms with E-state index in [1.165, 1.54) is 24.3 Å². The third kappa shape index (κ3) is 2.74. The maximum absolute atomic E-state index is 10.2. The van der Waals surface area contributed by atoms with Crippen LogP contribution in [0.15, 0.2) is 24.3 Å². The van der Waals surface area contributed by atoms with Gasteiger partial charge in [0.15, 0.2) is 5.75 Å². The van der Waals surface area contributed by atoms with Gasteiger partial charge < -0.3 is 8.74 Å². The molecule has 0 aromatic heterocycles. The lowest BCUT2D eigenvalue weighted by Crippen LogP contribution is -2.07. The van der Waals surface area contributed by atoms with Gasteiger partial charge in [-0.25, -0.2) is 8.42 Å². The summed E-state index contributed by atoms with van der Waals surface area (Å²) in [4.78, 5) is 0. The Morgan fingerprint density at radius 3 is 2.54 bits per heavy atom. The fraction of sp³-hybridized carbons (Fsp3) is 0. The molecule has 0 unspecified atom stereocenters. The second kappa shape index (κ2) is 3.43. The Kier molecular flexibility index (Phi) is 2.51. The van der Waals surface area contributed by atoms with Gasteiger partial charge in [0.2, 0.25) is 0 Å². The van der Waals surface area contributed by atoms with Crippen LogP contribution in [0.25, 0.3) is 0 Å². The number of rotatable bonds is 2. The van der Waals surface area contributed by atoms with E-state index >= 15 is 0 Å². The van der Waals surface area contributed by atoms with E-state index in [0.29, 0.717) is 0 Å². The molecule has 5 nitrogen and oxygen atoms in total. The molecule has 0 saturated heterocycles. The number of nitrogens with zero attached hydrogens (tertiary/aromatic N) is 1. The molecule has 1 aromatic carbocycles. The summed E-state index contributed by atoms with van der Waals surface area (Å²) < 4.78 is 34.6. The van der Waals surface area contributed by atoms with E-state index in [9.17, 15) is 13.0 Å². The highest BCUT2D eigenvalue weighted by molar-refractivity contribution is 7.81. The molecule has 0 aliphatic rings. The average Bonchev–Trinajstić information content (AvgIpc) is 2.02. The molecule has 6 heteroatoms. The molecule has 68 valence electrons. The predicted molar refractivity (Wildman–Crippen MR) is 41.5 cm³/mol. The van der Waals surface area contributed by atoms with E-state index in [4.69, 9.17) is 5.26 Å². The Labute approximate surface area is 75.1 Å². The van der Waals surface area contributed by atoms with Crippen LogP contribution in [-0.2, 0) is 10.4 Å². The van der Waals surface area contributed by atoms with E-state index in [0.717, 1.165) is 0 Å². The Morgan fingerprint density at radius 2 is 2.00 bits per heavy atom. The molecule has 0 radical (unpaired) electrons. The molecule has 13 heavy (non-hydrogen) atoms. The van der Waals surface area contributed by atoms with Crippen LogP contribution in [0, 0.1) is 11.3 Å². The molecular weight excluding hydrogens is 194 g/mol. The molecule has 0 heterocycles. The number of hydrogen-bond acceptors (Lipinski definition) is 5. The van der Waals surface area contributed by atoms with Crippen LogP contribution in [-0.4, -0.2) is 13.0 Å². The van der Waals surface area contributed by atoms with Crippen LogP contribution in [0.1, 0.15) is 5.56 Å². The minimum absolute atomic E-state index is 0.00178. The van der Waals surface area contributed by atoms with Gasteiger partial charge in [0.05, 0.1) is 5.56 Å².